The average molecular weight is 429 g/mol. The number of nitrogens with one attached hydrogen (secondary N) is 1. The lowest BCUT2D eigenvalue weighted by Gasteiger charge is -2.31. The minimum Gasteiger partial charge on any atom is -0.258 e. The van der Waals surface area contributed by atoms with E-state index in [-0.39, 0.29) is 4.90 Å². The topological polar surface area (TPSA) is 63.2 Å². The highest BCUT2D eigenvalue weighted by atomic mass is 32.2. The van der Waals surface area contributed by atoms with E-state index >= 15 is 0 Å². The predicted octanol–water partition coefficient (Wildman–Crippen LogP) is 4.29. The summed E-state index contributed by atoms with van der Waals surface area (Å²) in [5.74, 6) is 0.708. The standard InChI is InChI=1S/C23H26NO3S2/c1-17-13-15-19(16-14-17)29(26,27)24-22(18-9-6-5-7-10-18)20-11-8-12-21(20)28(25)23(2,3)4/h5-16,22,24H,1-4H3/t22-,28+/m0/s1. The summed E-state index contributed by atoms with van der Waals surface area (Å²) in [7, 11) is -5.06. The molecule has 1 aliphatic carbocycles. The fourth-order valence-electron chi connectivity index (χ4n) is 3.05. The van der Waals surface area contributed by atoms with Crippen LogP contribution in [0, 0.1) is 37.4 Å². The predicted molar refractivity (Wildman–Crippen MR) is 118 cm³/mol. The molecule has 4 nitrogen and oxygen atoms in total. The maximum Gasteiger partial charge on any atom is 0.241 e. The zero-order valence-electron chi connectivity index (χ0n) is 17.0. The van der Waals surface area contributed by atoms with Gasteiger partial charge in [-0.2, -0.15) is 0 Å². The molecular weight excluding hydrogens is 402 g/mol. The first-order valence-corrected chi connectivity index (χ1v) is 12.0. The van der Waals surface area contributed by atoms with Crippen molar-refractivity contribution in [1.82, 2.24) is 4.72 Å². The summed E-state index contributed by atoms with van der Waals surface area (Å²) in [6.45, 7) is 7.64. The Morgan fingerprint density at radius 2 is 1.55 bits per heavy atom. The van der Waals surface area contributed by atoms with Gasteiger partial charge in [-0.25, -0.2) is 13.1 Å². The van der Waals surface area contributed by atoms with E-state index in [1.165, 1.54) is 0 Å². The van der Waals surface area contributed by atoms with Gasteiger partial charge in [-0.3, -0.25) is 4.21 Å². The molecule has 0 aromatic heterocycles. The van der Waals surface area contributed by atoms with Gasteiger partial charge in [0.15, 0.2) is 0 Å². The molecule has 0 amide bonds. The number of rotatable bonds is 6. The van der Waals surface area contributed by atoms with Crippen LogP contribution < -0.4 is 4.72 Å². The highest BCUT2D eigenvalue weighted by molar-refractivity contribution is 7.90. The minimum atomic E-state index is -3.78. The van der Waals surface area contributed by atoms with E-state index in [1.54, 1.807) is 24.3 Å². The molecule has 0 aliphatic heterocycles. The lowest BCUT2D eigenvalue weighted by atomic mass is 9.92. The van der Waals surface area contributed by atoms with E-state index in [1.807, 2.05) is 77.3 Å². The third-order valence-corrected chi connectivity index (χ3v) is 7.93. The summed E-state index contributed by atoms with van der Waals surface area (Å²) in [6.07, 6.45) is 5.48. The van der Waals surface area contributed by atoms with Gasteiger partial charge < -0.3 is 0 Å². The third kappa shape index (κ3) is 5.16. The first-order chi connectivity index (χ1) is 13.6. The molecule has 1 saturated carbocycles. The first-order valence-electron chi connectivity index (χ1n) is 9.41. The zero-order valence-corrected chi connectivity index (χ0v) is 18.7. The molecule has 2 atom stereocenters. The van der Waals surface area contributed by atoms with Crippen molar-refractivity contribution in [1.29, 1.82) is 0 Å². The van der Waals surface area contributed by atoms with Crippen LogP contribution in [0.15, 0.2) is 59.5 Å². The molecule has 6 heteroatoms. The van der Waals surface area contributed by atoms with E-state index in [4.69, 9.17) is 0 Å². The Hall–Kier alpha value is -1.50. The van der Waals surface area contributed by atoms with Gasteiger partial charge in [-0.1, -0.05) is 48.0 Å². The molecule has 0 bridgehead atoms. The molecule has 0 spiro atoms. The van der Waals surface area contributed by atoms with Crippen molar-refractivity contribution in [2.24, 2.45) is 0 Å². The molecule has 29 heavy (non-hydrogen) atoms. The van der Waals surface area contributed by atoms with Crippen LogP contribution >= 0.6 is 0 Å². The van der Waals surface area contributed by atoms with Crippen LogP contribution in [0.3, 0.4) is 0 Å². The first kappa shape index (κ1) is 22.2. The maximum absolute atomic E-state index is 13.1. The number of sulfonamides is 1. The number of hydrogen-bond acceptors (Lipinski definition) is 3. The largest absolute Gasteiger partial charge is 0.258 e. The average Bonchev–Trinajstić information content (AvgIpc) is 3.15. The monoisotopic (exact) mass is 428 g/mol. The van der Waals surface area contributed by atoms with Gasteiger partial charge >= 0.3 is 0 Å². The smallest absolute Gasteiger partial charge is 0.241 e. The number of benzene rings is 2. The van der Waals surface area contributed by atoms with E-state index in [9.17, 15) is 12.6 Å². The van der Waals surface area contributed by atoms with Gasteiger partial charge in [-0.15, -0.1) is 0 Å². The molecule has 3 rings (SSSR count). The molecule has 0 saturated heterocycles. The normalized spacial score (nSPS) is 18.6. The molecule has 5 radical (unpaired) electrons. The lowest BCUT2D eigenvalue weighted by molar-refractivity contribution is 0.563. The second-order valence-electron chi connectivity index (χ2n) is 8.00. The second-order valence-corrected chi connectivity index (χ2v) is 11.9. The Bertz CT molecular complexity index is 948. The molecule has 1 N–H and O–H groups in total. The van der Waals surface area contributed by atoms with Crippen LogP contribution in [-0.4, -0.2) is 17.4 Å². The number of aryl methyl sites for hydroxylation is 1. The lowest BCUT2D eigenvalue weighted by Crippen LogP contribution is -2.37. The SMILES string of the molecule is Cc1ccc(S(=O)(=O)N[C@H]([C]2[CH][CH][CH][C]2[S@@](=O)C(C)(C)C)c2ccccc2)cc1. The molecule has 153 valence electrons. The Morgan fingerprint density at radius 3 is 2.14 bits per heavy atom. The summed E-state index contributed by atoms with van der Waals surface area (Å²) in [4.78, 5) is 0.203. The Kier molecular flexibility index (Phi) is 6.66. The Morgan fingerprint density at radius 1 is 0.931 bits per heavy atom. The second kappa shape index (κ2) is 8.70. The minimum absolute atomic E-state index is 0.203. The van der Waals surface area contributed by atoms with Crippen molar-refractivity contribution >= 4 is 20.8 Å². The van der Waals surface area contributed by atoms with E-state index < -0.39 is 31.6 Å². The van der Waals surface area contributed by atoms with Crippen LogP contribution in [0.4, 0.5) is 0 Å². The van der Waals surface area contributed by atoms with Crippen molar-refractivity contribution in [3.63, 3.8) is 0 Å². The van der Waals surface area contributed by atoms with Crippen molar-refractivity contribution < 1.29 is 12.6 Å². The van der Waals surface area contributed by atoms with Gasteiger partial charge in [0, 0.05) is 21.5 Å². The van der Waals surface area contributed by atoms with Crippen molar-refractivity contribution in [2.45, 2.75) is 43.4 Å². The maximum atomic E-state index is 13.1. The molecule has 1 fully saturated rings. The van der Waals surface area contributed by atoms with E-state index in [0.717, 1.165) is 11.1 Å². The summed E-state index contributed by atoms with van der Waals surface area (Å²) in [5, 5.41) is 0.651. The van der Waals surface area contributed by atoms with Gasteiger partial charge in [-0.05, 0) is 64.7 Å². The molecule has 2 aromatic carbocycles. The van der Waals surface area contributed by atoms with Crippen LogP contribution in [-0.2, 0) is 20.8 Å². The summed E-state index contributed by atoms with van der Waals surface area (Å²) in [6, 6.07) is 15.5. The van der Waals surface area contributed by atoms with Gasteiger partial charge in [0.2, 0.25) is 10.0 Å². The summed E-state index contributed by atoms with van der Waals surface area (Å²) in [5.41, 5.74) is 1.78. The fourth-order valence-corrected chi connectivity index (χ4v) is 5.52. The van der Waals surface area contributed by atoms with Crippen LogP contribution in [0.5, 0.6) is 0 Å². The summed E-state index contributed by atoms with van der Waals surface area (Å²) >= 11 is 0. The van der Waals surface area contributed by atoms with E-state index in [2.05, 4.69) is 4.72 Å². The molecule has 0 heterocycles. The van der Waals surface area contributed by atoms with E-state index in [0.29, 0.717) is 11.2 Å². The molecular formula is C23H26NO3S2. The molecule has 1 aliphatic rings. The highest BCUT2D eigenvalue weighted by Crippen LogP contribution is 2.46. The van der Waals surface area contributed by atoms with Crippen LogP contribution in [0.25, 0.3) is 0 Å². The fraction of sp³-hybridized carbons (Fsp3) is 0.261. The van der Waals surface area contributed by atoms with Gasteiger partial charge in [0.1, 0.15) is 0 Å². The summed E-state index contributed by atoms with van der Waals surface area (Å²) < 4.78 is 41.7. The third-order valence-electron chi connectivity index (χ3n) is 4.61. The molecule has 2 aromatic rings. The van der Waals surface area contributed by atoms with Crippen molar-refractivity contribution in [3.05, 3.63) is 96.2 Å². The quantitative estimate of drug-likeness (QED) is 0.746. The van der Waals surface area contributed by atoms with Gasteiger partial charge in [0.05, 0.1) is 16.2 Å². The van der Waals surface area contributed by atoms with Gasteiger partial charge in [0.25, 0.3) is 0 Å². The number of hydrogen-bond donors (Lipinski definition) is 1. The van der Waals surface area contributed by atoms with Crippen LogP contribution in [0.1, 0.15) is 37.9 Å². The Labute approximate surface area is 177 Å². The van der Waals surface area contributed by atoms with Crippen molar-refractivity contribution in [3.8, 4) is 0 Å². The Balaban J connectivity index is 1.98. The zero-order chi connectivity index (χ0) is 21.2. The molecule has 0 unspecified atom stereocenters. The highest BCUT2D eigenvalue weighted by Gasteiger charge is 2.44. The van der Waals surface area contributed by atoms with Crippen molar-refractivity contribution in [2.75, 3.05) is 0 Å². The van der Waals surface area contributed by atoms with Crippen LogP contribution in [0.2, 0.25) is 0 Å².